The molecule has 2 nitrogen and oxygen atoms in total. The van der Waals surface area contributed by atoms with Crippen LogP contribution in [0.15, 0.2) is 146 Å². The monoisotopic (exact) mass is 632 g/mol. The Morgan fingerprint density at radius 3 is 1.83 bits per heavy atom. The van der Waals surface area contributed by atoms with Gasteiger partial charge in [-0.25, -0.2) is 4.98 Å². The van der Waals surface area contributed by atoms with Crippen molar-refractivity contribution in [1.29, 1.82) is 0 Å². The summed E-state index contributed by atoms with van der Waals surface area (Å²) in [6.45, 7) is 0. The van der Waals surface area contributed by atoms with Crippen LogP contribution < -0.4 is 0 Å². The van der Waals surface area contributed by atoms with Crippen molar-refractivity contribution in [3.63, 3.8) is 0 Å². The second-order valence-corrected chi connectivity index (χ2v) is 14.5. The van der Waals surface area contributed by atoms with Crippen LogP contribution >= 0.6 is 22.7 Å². The molecule has 47 heavy (non-hydrogen) atoms. The first kappa shape index (κ1) is 25.6. The van der Waals surface area contributed by atoms with E-state index in [4.69, 9.17) is 4.98 Å². The quantitative estimate of drug-likeness (QED) is 0.173. The van der Waals surface area contributed by atoms with E-state index in [-0.39, 0.29) is 0 Å². The number of hydrogen-bond acceptors (Lipinski definition) is 3. The van der Waals surface area contributed by atoms with Crippen LogP contribution in [-0.4, -0.2) is 9.38 Å². The second-order valence-electron chi connectivity index (χ2n) is 12.4. The lowest BCUT2D eigenvalue weighted by Crippen LogP contribution is -1.93. The Labute approximate surface area is 277 Å². The molecular weight excluding hydrogens is 609 g/mol. The summed E-state index contributed by atoms with van der Waals surface area (Å²) >= 11 is 3.72. The topological polar surface area (TPSA) is 17.3 Å². The molecule has 0 spiro atoms. The molecule has 4 heterocycles. The van der Waals surface area contributed by atoms with E-state index in [0.29, 0.717) is 0 Å². The lowest BCUT2D eigenvalue weighted by molar-refractivity contribution is 1.25. The highest BCUT2D eigenvalue weighted by atomic mass is 32.1. The molecular formula is C43H24N2S2. The molecule has 0 saturated carbocycles. The Kier molecular flexibility index (Phi) is 5.17. The third-order valence-corrected chi connectivity index (χ3v) is 12.1. The average Bonchev–Trinajstić information content (AvgIpc) is 3.81. The number of pyridine rings is 1. The molecule has 4 aromatic heterocycles. The number of benzene rings is 7. The number of thiophene rings is 2. The zero-order valence-corrected chi connectivity index (χ0v) is 26.7. The minimum Gasteiger partial charge on any atom is -0.291 e. The van der Waals surface area contributed by atoms with Crippen LogP contribution in [0.1, 0.15) is 0 Å². The van der Waals surface area contributed by atoms with Gasteiger partial charge in [0, 0.05) is 35.6 Å². The smallest absolute Gasteiger partial charge is 0.156 e. The fourth-order valence-corrected chi connectivity index (χ4v) is 9.89. The molecule has 0 bridgehead atoms. The zero-order chi connectivity index (χ0) is 30.6. The number of rotatable bonds is 2. The summed E-state index contributed by atoms with van der Waals surface area (Å²) < 4.78 is 7.58. The molecule has 11 aromatic rings. The Morgan fingerprint density at radius 1 is 0.447 bits per heavy atom. The molecule has 0 aliphatic rings. The molecule has 0 saturated heterocycles. The molecule has 0 unspecified atom stereocenters. The number of aromatic nitrogens is 2. The third kappa shape index (κ3) is 3.68. The van der Waals surface area contributed by atoms with Crippen molar-refractivity contribution >= 4 is 101 Å². The van der Waals surface area contributed by atoms with Gasteiger partial charge in [0.1, 0.15) is 0 Å². The van der Waals surface area contributed by atoms with Gasteiger partial charge < -0.3 is 0 Å². The van der Waals surface area contributed by atoms with Gasteiger partial charge in [-0.15, -0.1) is 22.7 Å². The lowest BCUT2D eigenvalue weighted by Gasteiger charge is -2.11. The van der Waals surface area contributed by atoms with Crippen LogP contribution in [0, 0.1) is 0 Å². The van der Waals surface area contributed by atoms with E-state index < -0.39 is 0 Å². The van der Waals surface area contributed by atoms with Crippen LogP contribution in [0.5, 0.6) is 0 Å². The van der Waals surface area contributed by atoms with Gasteiger partial charge in [-0.05, 0) is 80.7 Å². The average molecular weight is 633 g/mol. The molecule has 218 valence electrons. The summed E-state index contributed by atoms with van der Waals surface area (Å²) in [4.78, 5) is 5.35. The summed E-state index contributed by atoms with van der Waals surface area (Å²) in [5, 5.41) is 10.2. The number of nitrogens with zero attached hydrogens (tertiary/aromatic N) is 2. The summed E-state index contributed by atoms with van der Waals surface area (Å²) in [5.41, 5.74) is 8.03. The summed E-state index contributed by atoms with van der Waals surface area (Å²) in [6.07, 6.45) is 0. The molecule has 0 aliphatic heterocycles. The first-order valence-electron chi connectivity index (χ1n) is 15.9. The maximum Gasteiger partial charge on any atom is 0.156 e. The minimum atomic E-state index is 1.02. The largest absolute Gasteiger partial charge is 0.291 e. The van der Waals surface area contributed by atoms with Crippen molar-refractivity contribution in [2.45, 2.75) is 0 Å². The summed E-state index contributed by atoms with van der Waals surface area (Å²) in [5.74, 6) is 0. The normalized spacial score (nSPS) is 12.3. The van der Waals surface area contributed by atoms with Gasteiger partial charge in [0.15, 0.2) is 5.65 Å². The molecule has 4 heteroatoms. The third-order valence-electron chi connectivity index (χ3n) is 9.73. The van der Waals surface area contributed by atoms with Crippen molar-refractivity contribution in [2.24, 2.45) is 0 Å². The number of imidazole rings is 1. The van der Waals surface area contributed by atoms with Gasteiger partial charge in [0.05, 0.1) is 21.4 Å². The standard InChI is InChI=1S/C43H24N2S2/c1-2-9-28-21-30-23-38-36(22-29(30)20-27(28)8-1)44-43-42-35(33-11-4-6-15-40(33)47-42)24-37(45(38)43)26-18-16-25(17-19-26)31-12-7-13-34-32-10-3-5-14-39(32)46-41(31)34/h1-24H. The fraction of sp³-hybridized carbons (Fsp3) is 0. The van der Waals surface area contributed by atoms with E-state index in [1.165, 1.54) is 78.6 Å². The Balaban J connectivity index is 1.17. The fourth-order valence-electron chi connectivity index (χ4n) is 7.49. The van der Waals surface area contributed by atoms with Crippen molar-refractivity contribution in [3.8, 4) is 22.4 Å². The summed E-state index contributed by atoms with van der Waals surface area (Å²) in [6, 6.07) is 53.5. The van der Waals surface area contributed by atoms with Crippen molar-refractivity contribution in [1.82, 2.24) is 9.38 Å². The molecule has 0 amide bonds. The maximum absolute atomic E-state index is 5.35. The van der Waals surface area contributed by atoms with Crippen molar-refractivity contribution < 1.29 is 0 Å². The van der Waals surface area contributed by atoms with Crippen LogP contribution in [0.25, 0.3) is 101 Å². The van der Waals surface area contributed by atoms with Gasteiger partial charge in [-0.2, -0.15) is 0 Å². The predicted octanol–water partition coefficient (Wildman–Crippen LogP) is 12.9. The SMILES string of the molecule is c1ccc2cc3cc4c(cc3cc2c1)nc1c2sc3ccccc3c2cc(-c2ccc(-c3cccc5c3sc3ccccc35)cc2)n41. The molecule has 11 rings (SSSR count). The Morgan fingerprint density at radius 2 is 1.06 bits per heavy atom. The Hall–Kier alpha value is -5.55. The highest BCUT2D eigenvalue weighted by Gasteiger charge is 2.19. The van der Waals surface area contributed by atoms with E-state index in [1.54, 1.807) is 0 Å². The molecule has 0 fully saturated rings. The van der Waals surface area contributed by atoms with Gasteiger partial charge in [0.2, 0.25) is 0 Å². The van der Waals surface area contributed by atoms with Crippen LogP contribution in [-0.2, 0) is 0 Å². The zero-order valence-electron chi connectivity index (χ0n) is 25.1. The summed E-state index contributed by atoms with van der Waals surface area (Å²) in [7, 11) is 0. The predicted molar refractivity (Wildman–Crippen MR) is 204 cm³/mol. The highest BCUT2D eigenvalue weighted by molar-refractivity contribution is 7.26. The van der Waals surface area contributed by atoms with E-state index in [9.17, 15) is 0 Å². The van der Waals surface area contributed by atoms with E-state index >= 15 is 0 Å². The van der Waals surface area contributed by atoms with Crippen molar-refractivity contribution in [2.75, 3.05) is 0 Å². The number of fused-ring (bicyclic) bond motifs is 12. The molecule has 0 N–H and O–H groups in total. The van der Waals surface area contributed by atoms with Crippen LogP contribution in [0.3, 0.4) is 0 Å². The van der Waals surface area contributed by atoms with Crippen LogP contribution in [0.2, 0.25) is 0 Å². The lowest BCUT2D eigenvalue weighted by atomic mass is 10.00. The van der Waals surface area contributed by atoms with E-state index in [1.807, 2.05) is 22.7 Å². The van der Waals surface area contributed by atoms with Gasteiger partial charge in [-0.1, -0.05) is 103 Å². The molecule has 7 aromatic carbocycles. The van der Waals surface area contributed by atoms with Crippen LogP contribution in [0.4, 0.5) is 0 Å². The maximum atomic E-state index is 5.35. The number of hydrogen-bond donors (Lipinski definition) is 0. The van der Waals surface area contributed by atoms with E-state index in [0.717, 1.165) is 22.4 Å². The first-order valence-corrected chi connectivity index (χ1v) is 17.5. The van der Waals surface area contributed by atoms with Crippen molar-refractivity contribution in [3.05, 3.63) is 146 Å². The molecule has 0 atom stereocenters. The first-order chi connectivity index (χ1) is 23.3. The molecule has 0 aliphatic carbocycles. The van der Waals surface area contributed by atoms with Gasteiger partial charge in [-0.3, -0.25) is 4.40 Å². The van der Waals surface area contributed by atoms with E-state index in [2.05, 4.69) is 150 Å². The molecule has 0 radical (unpaired) electrons. The van der Waals surface area contributed by atoms with Gasteiger partial charge >= 0.3 is 0 Å². The Bertz CT molecular complexity index is 3070. The second kappa shape index (κ2) is 9.49. The highest BCUT2D eigenvalue weighted by Crippen LogP contribution is 2.43. The van der Waals surface area contributed by atoms with Gasteiger partial charge in [0.25, 0.3) is 0 Å². The minimum absolute atomic E-state index is 1.02.